The highest BCUT2D eigenvalue weighted by Gasteiger charge is 2.23. The van der Waals surface area contributed by atoms with Crippen LogP contribution < -0.4 is 10.2 Å². The average Bonchev–Trinajstić information content (AvgIpc) is 2.99. The monoisotopic (exact) mass is 671 g/mol. The third kappa shape index (κ3) is 31.3. The van der Waals surface area contributed by atoms with E-state index in [-0.39, 0.29) is 12.5 Å². The maximum Gasteiger partial charge on any atom is 0.268 e. The largest absolute Gasteiger partial charge is 0.756 e. The number of hydrogen-bond donors (Lipinski definition) is 2. The van der Waals surface area contributed by atoms with Gasteiger partial charge in [0.05, 0.1) is 39.9 Å². The number of quaternary nitrogens is 1. The molecule has 0 spiro atoms. The molecule has 0 fully saturated rings. The zero-order valence-corrected chi connectivity index (χ0v) is 31.2. The fourth-order valence-corrected chi connectivity index (χ4v) is 5.53. The van der Waals surface area contributed by atoms with Gasteiger partial charge in [0, 0.05) is 6.42 Å². The number of phosphoric ester groups is 1. The van der Waals surface area contributed by atoms with Gasteiger partial charge in [0.15, 0.2) is 0 Å². The van der Waals surface area contributed by atoms with Gasteiger partial charge in [-0.2, -0.15) is 0 Å². The van der Waals surface area contributed by atoms with E-state index in [1.165, 1.54) is 70.6 Å². The highest BCUT2D eigenvalue weighted by molar-refractivity contribution is 7.45. The molecule has 0 saturated carbocycles. The molecule has 0 aliphatic heterocycles. The first-order valence-electron chi connectivity index (χ1n) is 18.4. The summed E-state index contributed by atoms with van der Waals surface area (Å²) in [5.74, 6) is -0.229. The van der Waals surface area contributed by atoms with E-state index >= 15 is 0 Å². The molecule has 9 heteroatoms. The number of likely N-dealkylation sites (N-methyl/N-ethyl adjacent to an activating group) is 1. The Balaban J connectivity index is 4.65. The van der Waals surface area contributed by atoms with Crippen molar-refractivity contribution in [1.82, 2.24) is 5.32 Å². The molecule has 0 aliphatic rings. The minimum Gasteiger partial charge on any atom is -0.756 e. The summed E-state index contributed by atoms with van der Waals surface area (Å²) in [6.45, 7) is 4.54. The zero-order valence-electron chi connectivity index (χ0n) is 30.3. The Labute approximate surface area is 283 Å². The number of nitrogens with zero attached hydrogens (tertiary/aromatic N) is 1. The summed E-state index contributed by atoms with van der Waals surface area (Å²) in [5.41, 5.74) is 0. The highest BCUT2D eigenvalue weighted by atomic mass is 31.2. The minimum atomic E-state index is -4.59. The number of carbonyl (C=O) groups is 1. The van der Waals surface area contributed by atoms with Crippen molar-refractivity contribution in [2.75, 3.05) is 40.9 Å². The van der Waals surface area contributed by atoms with Gasteiger partial charge in [-0.1, -0.05) is 115 Å². The molecule has 0 aromatic heterocycles. The molecule has 270 valence electrons. The van der Waals surface area contributed by atoms with Crippen LogP contribution in [-0.2, 0) is 18.4 Å². The maximum absolute atomic E-state index is 12.7. The Morgan fingerprint density at radius 1 is 0.739 bits per heavy atom. The van der Waals surface area contributed by atoms with E-state index in [1.54, 1.807) is 6.08 Å². The van der Waals surface area contributed by atoms with Crippen molar-refractivity contribution in [2.45, 2.75) is 154 Å². The molecule has 3 atom stereocenters. The quantitative estimate of drug-likeness (QED) is 0.0321. The Morgan fingerprint density at radius 3 is 1.76 bits per heavy atom. The number of nitrogens with one attached hydrogen (secondary N) is 1. The fourth-order valence-electron chi connectivity index (χ4n) is 4.81. The molecule has 46 heavy (non-hydrogen) atoms. The fraction of sp³-hybridized carbons (Fsp3) is 0.811. The van der Waals surface area contributed by atoms with Crippen LogP contribution in [0, 0.1) is 0 Å². The number of aliphatic hydroxyl groups excluding tert-OH is 1. The van der Waals surface area contributed by atoms with Gasteiger partial charge in [0.1, 0.15) is 13.2 Å². The Morgan fingerprint density at radius 2 is 1.22 bits per heavy atom. The van der Waals surface area contributed by atoms with E-state index in [1.807, 2.05) is 27.2 Å². The van der Waals surface area contributed by atoms with Gasteiger partial charge in [0.2, 0.25) is 5.91 Å². The summed E-state index contributed by atoms with van der Waals surface area (Å²) >= 11 is 0. The first-order chi connectivity index (χ1) is 22.0. The van der Waals surface area contributed by atoms with Gasteiger partial charge in [-0.25, -0.2) is 0 Å². The van der Waals surface area contributed by atoms with E-state index in [9.17, 15) is 19.4 Å². The van der Waals surface area contributed by atoms with Crippen LogP contribution in [0.3, 0.4) is 0 Å². The summed E-state index contributed by atoms with van der Waals surface area (Å²) in [5, 5.41) is 13.6. The van der Waals surface area contributed by atoms with Gasteiger partial charge in [-0.15, -0.1) is 0 Å². The summed E-state index contributed by atoms with van der Waals surface area (Å²) in [6, 6.07) is -0.906. The van der Waals surface area contributed by atoms with Crippen molar-refractivity contribution in [3.63, 3.8) is 0 Å². The van der Waals surface area contributed by atoms with Crippen LogP contribution in [0.25, 0.3) is 0 Å². The number of carbonyl (C=O) groups excluding carboxylic acids is 1. The second-order valence-corrected chi connectivity index (χ2v) is 15.0. The minimum absolute atomic E-state index is 0.00967. The first kappa shape index (κ1) is 44.7. The third-order valence-electron chi connectivity index (χ3n) is 7.82. The van der Waals surface area contributed by atoms with E-state index in [2.05, 4.69) is 43.5 Å². The zero-order chi connectivity index (χ0) is 34.4. The van der Waals surface area contributed by atoms with Crippen LogP contribution in [0.4, 0.5) is 0 Å². The molecular formula is C37H71N2O6P. The van der Waals surface area contributed by atoms with Crippen molar-refractivity contribution >= 4 is 13.7 Å². The Kier molecular flexibility index (Phi) is 29.0. The molecule has 0 radical (unpaired) electrons. The highest BCUT2D eigenvalue weighted by Crippen LogP contribution is 2.38. The molecule has 0 saturated heterocycles. The number of unbranched alkanes of at least 4 members (excludes halogenated alkanes) is 15. The summed E-state index contributed by atoms with van der Waals surface area (Å²) < 4.78 is 23.0. The lowest BCUT2D eigenvalue weighted by Crippen LogP contribution is -2.45. The number of allylic oxidation sites excluding steroid dienone is 5. The summed E-state index contributed by atoms with van der Waals surface area (Å²) in [6.07, 6.45) is 33.3. The van der Waals surface area contributed by atoms with Gasteiger partial charge in [-0.05, 0) is 57.8 Å². The molecule has 0 aliphatic carbocycles. The van der Waals surface area contributed by atoms with Crippen molar-refractivity contribution in [3.05, 3.63) is 36.5 Å². The molecule has 0 aromatic carbocycles. The van der Waals surface area contributed by atoms with Crippen LogP contribution in [0.5, 0.6) is 0 Å². The van der Waals surface area contributed by atoms with E-state index < -0.39 is 26.6 Å². The predicted octanol–water partition coefficient (Wildman–Crippen LogP) is 8.55. The molecule has 0 bridgehead atoms. The van der Waals surface area contributed by atoms with Crippen molar-refractivity contribution in [3.8, 4) is 0 Å². The third-order valence-corrected chi connectivity index (χ3v) is 8.79. The van der Waals surface area contributed by atoms with Crippen LogP contribution in [-0.4, -0.2) is 68.5 Å². The van der Waals surface area contributed by atoms with Gasteiger partial charge >= 0.3 is 0 Å². The normalized spacial score (nSPS) is 15.2. The Bertz CT molecular complexity index is 855. The molecule has 8 nitrogen and oxygen atoms in total. The maximum atomic E-state index is 12.7. The number of hydrogen-bond acceptors (Lipinski definition) is 6. The molecule has 0 heterocycles. The molecule has 1 amide bonds. The topological polar surface area (TPSA) is 108 Å². The lowest BCUT2D eigenvalue weighted by Gasteiger charge is -2.29. The Hall–Kier alpha value is -1.28. The van der Waals surface area contributed by atoms with E-state index in [0.717, 1.165) is 51.4 Å². The second-order valence-electron chi connectivity index (χ2n) is 13.6. The number of amides is 1. The van der Waals surface area contributed by atoms with Gasteiger partial charge in [-0.3, -0.25) is 9.36 Å². The van der Waals surface area contributed by atoms with Crippen molar-refractivity contribution in [1.29, 1.82) is 0 Å². The second kappa shape index (κ2) is 29.8. The molecule has 0 rings (SSSR count). The van der Waals surface area contributed by atoms with Crippen LogP contribution in [0.15, 0.2) is 36.5 Å². The van der Waals surface area contributed by atoms with Crippen molar-refractivity contribution < 1.29 is 32.9 Å². The van der Waals surface area contributed by atoms with Crippen molar-refractivity contribution in [2.24, 2.45) is 0 Å². The van der Waals surface area contributed by atoms with Gasteiger partial charge in [0.25, 0.3) is 7.82 Å². The van der Waals surface area contributed by atoms with Crippen LogP contribution in [0.1, 0.15) is 142 Å². The first-order valence-corrected chi connectivity index (χ1v) is 19.8. The van der Waals surface area contributed by atoms with Crippen LogP contribution >= 0.6 is 7.82 Å². The van der Waals surface area contributed by atoms with Crippen LogP contribution in [0.2, 0.25) is 0 Å². The smallest absolute Gasteiger partial charge is 0.268 e. The van der Waals surface area contributed by atoms with E-state index in [0.29, 0.717) is 17.4 Å². The summed E-state index contributed by atoms with van der Waals surface area (Å²) in [4.78, 5) is 25.1. The average molecular weight is 671 g/mol. The van der Waals surface area contributed by atoms with E-state index in [4.69, 9.17) is 9.05 Å². The number of aliphatic hydroxyl groups is 1. The SMILES string of the molecule is CCCCCCC/C=C/CC/C=C/C(O)C(COP(=O)([O-])OCC[N+](C)(C)C)NC(=O)CCCCC/C=C\CCCCCCCC. The summed E-state index contributed by atoms with van der Waals surface area (Å²) in [7, 11) is 1.23. The molecular weight excluding hydrogens is 599 g/mol. The number of rotatable bonds is 32. The molecule has 3 unspecified atom stereocenters. The molecule has 0 aromatic rings. The lowest BCUT2D eigenvalue weighted by atomic mass is 10.1. The standard InChI is InChI=1S/C37H71N2O6P/c1-6-8-10-12-14-16-18-19-21-23-25-27-29-31-37(41)38-35(34-45-46(42,43)44-33-32-39(3,4)5)36(40)30-28-26-24-22-20-17-15-13-11-9-7-2/h19-22,28,30,35-36,40H,6-18,23-27,29,31-34H2,1-5H3,(H-,38,41,42,43)/b21-19-,22-20+,30-28+. The predicted molar refractivity (Wildman–Crippen MR) is 191 cm³/mol. The lowest BCUT2D eigenvalue weighted by molar-refractivity contribution is -0.870. The van der Waals surface area contributed by atoms with Gasteiger partial charge < -0.3 is 28.8 Å². The number of phosphoric acid groups is 1. The molecule has 2 N–H and O–H groups in total.